The lowest BCUT2D eigenvalue weighted by Gasteiger charge is -2.36. The zero-order valence-corrected chi connectivity index (χ0v) is 30.2. The topological polar surface area (TPSA) is 51.7 Å². The molecule has 3 heterocycles. The fourth-order valence-corrected chi connectivity index (χ4v) is 9.89. The van der Waals surface area contributed by atoms with Crippen LogP contribution < -0.4 is 9.47 Å². The largest absolute Gasteiger partial charge is 0.507 e. The lowest BCUT2D eigenvalue weighted by molar-refractivity contribution is 0.118. The van der Waals surface area contributed by atoms with Crippen molar-refractivity contribution in [3.8, 4) is 27.7 Å². The molecule has 47 heavy (non-hydrogen) atoms. The monoisotopic (exact) mass is 690 g/mol. The van der Waals surface area contributed by atoms with Gasteiger partial charge in [-0.15, -0.1) is 0 Å². The van der Waals surface area contributed by atoms with Crippen LogP contribution in [0.3, 0.4) is 0 Å². The van der Waals surface area contributed by atoms with E-state index in [2.05, 4.69) is 62.9 Å². The van der Waals surface area contributed by atoms with E-state index in [0.717, 1.165) is 111 Å². The number of hydrogen-bond acceptors (Lipinski definition) is 10. The molecule has 2 fully saturated rings. The smallest absolute Gasteiger partial charge is 0.124 e. The molecule has 0 amide bonds. The summed E-state index contributed by atoms with van der Waals surface area (Å²) in [7, 11) is 6.94. The molecule has 2 aliphatic rings. The van der Waals surface area contributed by atoms with Crippen LogP contribution in [0.2, 0.25) is 0 Å². The minimum atomic E-state index is 0.443. The van der Waals surface area contributed by atoms with Crippen molar-refractivity contribution in [1.82, 2.24) is 19.6 Å². The van der Waals surface area contributed by atoms with Gasteiger partial charge in [0.1, 0.15) is 21.1 Å². The van der Waals surface area contributed by atoms with E-state index in [-0.39, 0.29) is 0 Å². The summed E-state index contributed by atoms with van der Waals surface area (Å²) in [6.07, 6.45) is 0.919. The van der Waals surface area contributed by atoms with Crippen LogP contribution in [-0.4, -0.2) is 91.3 Å². The van der Waals surface area contributed by atoms with Crippen LogP contribution in [0.4, 0.5) is 0 Å². The molecule has 0 unspecified atom stereocenters. The Morgan fingerprint density at radius 1 is 0.638 bits per heavy atom. The predicted molar refractivity (Wildman–Crippen MR) is 197 cm³/mol. The molecule has 1 N–H and O–H groups in total. The normalized spacial score (nSPS) is 16.8. The third-order valence-corrected chi connectivity index (χ3v) is 12.7. The summed E-state index contributed by atoms with van der Waals surface area (Å²) in [5.74, 6) is 2.34. The standard InChI is InChI=1S/C37H46N4O3S3/c1-4-32-36(46-47-37(32)45)29-21-30(25-40-17-13-38(14-18-40)23-27-9-5-7-11-33(27)43-2)35(42)31(22-29)26-41-19-15-39(16-20-41)24-28-10-6-8-12-34(28)44-3/h5-12,21-22,42H,4,13-20,23-26H2,1-3H3. The van der Waals surface area contributed by atoms with Crippen molar-refractivity contribution in [1.29, 1.82) is 0 Å². The molecule has 2 aliphatic heterocycles. The average Bonchev–Trinajstić information content (AvgIpc) is 3.48. The second-order valence-electron chi connectivity index (χ2n) is 12.5. The van der Waals surface area contributed by atoms with Gasteiger partial charge in [0, 0.05) is 101 Å². The van der Waals surface area contributed by atoms with Gasteiger partial charge in [0.05, 0.1) is 19.1 Å². The maximum Gasteiger partial charge on any atom is 0.124 e. The van der Waals surface area contributed by atoms with E-state index in [1.54, 1.807) is 34.9 Å². The molecule has 0 saturated carbocycles. The number of ether oxygens (including phenoxy) is 2. The number of methoxy groups -OCH3 is 2. The first-order valence-corrected chi connectivity index (χ1v) is 19.1. The Hall–Kier alpha value is -2.83. The molecule has 0 spiro atoms. The molecular formula is C37H46N4O3S3. The molecule has 3 aromatic carbocycles. The van der Waals surface area contributed by atoms with E-state index in [9.17, 15) is 5.11 Å². The Labute approximate surface area is 292 Å². The molecule has 0 atom stereocenters. The second-order valence-corrected chi connectivity index (χ2v) is 15.3. The highest BCUT2D eigenvalue weighted by molar-refractivity contribution is 7.80. The number of aromatic hydroxyl groups is 1. The Balaban J connectivity index is 1.15. The average molecular weight is 691 g/mol. The molecule has 1 aromatic heterocycles. The van der Waals surface area contributed by atoms with Crippen molar-refractivity contribution < 1.29 is 14.6 Å². The van der Waals surface area contributed by atoms with E-state index in [0.29, 0.717) is 5.75 Å². The molecule has 0 bridgehead atoms. The second kappa shape index (κ2) is 16.0. The first-order valence-electron chi connectivity index (χ1n) is 16.6. The van der Waals surface area contributed by atoms with E-state index in [4.69, 9.17) is 21.7 Å². The Morgan fingerprint density at radius 2 is 1.04 bits per heavy atom. The number of phenolic OH excluding ortho intramolecular Hbond substituents is 1. The first-order chi connectivity index (χ1) is 22.9. The first kappa shape index (κ1) is 34.0. The van der Waals surface area contributed by atoms with Crippen molar-refractivity contribution in [3.05, 3.63) is 92.3 Å². The van der Waals surface area contributed by atoms with Crippen LogP contribution in [-0.2, 0) is 32.6 Å². The maximum absolute atomic E-state index is 11.7. The van der Waals surface area contributed by atoms with Crippen LogP contribution in [0.5, 0.6) is 17.2 Å². The number of piperazine rings is 2. The number of phenols is 1. The number of para-hydroxylation sites is 2. The minimum Gasteiger partial charge on any atom is -0.507 e. The van der Waals surface area contributed by atoms with Crippen LogP contribution in [0.25, 0.3) is 10.4 Å². The molecule has 2 saturated heterocycles. The summed E-state index contributed by atoms with van der Waals surface area (Å²) in [6, 6.07) is 21.0. The third-order valence-electron chi connectivity index (χ3n) is 9.50. The predicted octanol–water partition coefficient (Wildman–Crippen LogP) is 7.13. The minimum absolute atomic E-state index is 0.443. The summed E-state index contributed by atoms with van der Waals surface area (Å²) >= 11 is 5.71. The molecule has 6 rings (SSSR count). The van der Waals surface area contributed by atoms with Crippen molar-refractivity contribution >= 4 is 32.9 Å². The maximum atomic E-state index is 11.7. The van der Waals surface area contributed by atoms with Crippen LogP contribution in [0.15, 0.2) is 60.7 Å². The Morgan fingerprint density at radius 3 is 1.45 bits per heavy atom. The molecule has 250 valence electrons. The van der Waals surface area contributed by atoms with Gasteiger partial charge >= 0.3 is 0 Å². The van der Waals surface area contributed by atoms with E-state index < -0.39 is 0 Å². The van der Waals surface area contributed by atoms with Gasteiger partial charge < -0.3 is 14.6 Å². The number of nitrogens with zero attached hydrogens (tertiary/aromatic N) is 4. The molecule has 4 aromatic rings. The molecule has 0 radical (unpaired) electrons. The molecule has 10 heteroatoms. The Kier molecular flexibility index (Phi) is 11.6. The molecular weight excluding hydrogens is 645 g/mol. The van der Waals surface area contributed by atoms with Crippen molar-refractivity contribution in [3.63, 3.8) is 0 Å². The fraction of sp³-hybridized carbons (Fsp3) is 0.432. The lowest BCUT2D eigenvalue weighted by atomic mass is 9.99. The highest BCUT2D eigenvalue weighted by Crippen LogP contribution is 2.39. The van der Waals surface area contributed by atoms with Gasteiger partial charge in [0.25, 0.3) is 0 Å². The van der Waals surface area contributed by atoms with Gasteiger partial charge in [-0.1, -0.05) is 76.2 Å². The summed E-state index contributed by atoms with van der Waals surface area (Å²) in [5.41, 5.74) is 6.92. The third kappa shape index (κ3) is 8.25. The Bertz CT molecular complexity index is 1600. The summed E-state index contributed by atoms with van der Waals surface area (Å²) < 4.78 is 12.2. The van der Waals surface area contributed by atoms with Gasteiger partial charge in [-0.05, 0) is 41.8 Å². The fourth-order valence-electron chi connectivity index (χ4n) is 6.77. The van der Waals surface area contributed by atoms with Crippen molar-refractivity contribution in [2.45, 2.75) is 39.5 Å². The zero-order valence-electron chi connectivity index (χ0n) is 27.7. The van der Waals surface area contributed by atoms with Gasteiger partial charge in [-0.25, -0.2) is 0 Å². The van der Waals surface area contributed by atoms with Crippen molar-refractivity contribution in [2.24, 2.45) is 0 Å². The van der Waals surface area contributed by atoms with Gasteiger partial charge in [-0.3, -0.25) is 19.6 Å². The van der Waals surface area contributed by atoms with Gasteiger partial charge in [0.15, 0.2) is 0 Å². The SMILES string of the molecule is CCc1c(-c2cc(CN3CCN(Cc4ccccc4OC)CC3)c(O)c(CN3CCN(Cc4ccccc4OC)CC3)c2)ssc1=S. The van der Waals surface area contributed by atoms with Gasteiger partial charge in [-0.2, -0.15) is 0 Å². The van der Waals surface area contributed by atoms with Crippen LogP contribution in [0, 0.1) is 3.82 Å². The quantitative estimate of drug-likeness (QED) is 0.125. The number of hydrogen-bond donors (Lipinski definition) is 1. The highest BCUT2D eigenvalue weighted by atomic mass is 32.9. The van der Waals surface area contributed by atoms with Gasteiger partial charge in [0.2, 0.25) is 0 Å². The summed E-state index contributed by atoms with van der Waals surface area (Å²) in [4.78, 5) is 11.2. The zero-order chi connectivity index (χ0) is 32.8. The summed E-state index contributed by atoms with van der Waals surface area (Å²) in [6.45, 7) is 13.2. The van der Waals surface area contributed by atoms with Crippen molar-refractivity contribution in [2.75, 3.05) is 66.6 Å². The molecule has 7 nitrogen and oxygen atoms in total. The van der Waals surface area contributed by atoms with E-state index in [1.165, 1.54) is 27.1 Å². The van der Waals surface area contributed by atoms with E-state index in [1.807, 2.05) is 24.3 Å². The van der Waals surface area contributed by atoms with E-state index >= 15 is 0 Å². The van der Waals surface area contributed by atoms with Crippen LogP contribution in [0.1, 0.15) is 34.7 Å². The molecule has 0 aliphatic carbocycles. The number of rotatable bonds is 12. The lowest BCUT2D eigenvalue weighted by Crippen LogP contribution is -2.45. The highest BCUT2D eigenvalue weighted by Gasteiger charge is 2.24. The summed E-state index contributed by atoms with van der Waals surface area (Å²) in [5, 5.41) is 11.7. The number of benzene rings is 3. The van der Waals surface area contributed by atoms with Crippen LogP contribution >= 0.6 is 32.9 Å².